The number of halogens is 2. The fourth-order valence-electron chi connectivity index (χ4n) is 2.54. The third kappa shape index (κ3) is 3.97. The third-order valence-corrected chi connectivity index (χ3v) is 5.92. The van der Waals surface area contributed by atoms with E-state index in [4.69, 9.17) is 0 Å². The molecule has 0 bridgehead atoms. The Hall–Kier alpha value is -1.42. The highest BCUT2D eigenvalue weighted by Gasteiger charge is 2.25. The van der Waals surface area contributed by atoms with Crippen molar-refractivity contribution in [3.8, 4) is 0 Å². The first-order valence-electron chi connectivity index (χ1n) is 7.34. The van der Waals surface area contributed by atoms with Gasteiger partial charge in [-0.15, -0.1) is 0 Å². The number of aromatic nitrogens is 2. The molecule has 0 unspecified atom stereocenters. The van der Waals surface area contributed by atoms with Gasteiger partial charge in [-0.25, -0.2) is 9.37 Å². The predicted molar refractivity (Wildman–Crippen MR) is 96.5 cm³/mol. The second kappa shape index (κ2) is 6.83. The van der Waals surface area contributed by atoms with Gasteiger partial charge in [0.05, 0.1) is 18.1 Å². The van der Waals surface area contributed by atoms with Gasteiger partial charge in [0.25, 0.3) is 5.56 Å². The Balaban J connectivity index is 1.88. The van der Waals surface area contributed by atoms with Crippen molar-refractivity contribution in [3.05, 3.63) is 56.8 Å². The van der Waals surface area contributed by atoms with Crippen molar-refractivity contribution in [2.75, 3.05) is 29.5 Å². The van der Waals surface area contributed by atoms with Gasteiger partial charge in [0, 0.05) is 19.3 Å². The van der Waals surface area contributed by atoms with Gasteiger partial charge in [-0.3, -0.25) is 13.9 Å². The van der Waals surface area contributed by atoms with Crippen LogP contribution < -0.4 is 10.5 Å². The summed E-state index contributed by atoms with van der Waals surface area (Å²) in [7, 11) is -2.53. The molecular weight excluding hydrogens is 401 g/mol. The summed E-state index contributed by atoms with van der Waals surface area (Å²) >= 11 is 3.31. The van der Waals surface area contributed by atoms with Crippen molar-refractivity contribution in [1.82, 2.24) is 9.55 Å². The summed E-state index contributed by atoms with van der Waals surface area (Å²) in [4.78, 5) is 18.7. The first kappa shape index (κ1) is 17.4. The molecule has 2 aromatic rings. The van der Waals surface area contributed by atoms with E-state index in [1.165, 1.54) is 16.7 Å². The summed E-state index contributed by atoms with van der Waals surface area (Å²) in [5.74, 6) is 0.424. The van der Waals surface area contributed by atoms with Gasteiger partial charge in [-0.05, 0) is 33.6 Å². The molecule has 1 saturated heterocycles. The fraction of sp³-hybridized carbons (Fsp3) is 0.333. The zero-order valence-corrected chi connectivity index (χ0v) is 15.1. The lowest BCUT2D eigenvalue weighted by molar-refractivity contribution is 0.478. The molecule has 1 aliphatic rings. The molecule has 0 amide bonds. The summed E-state index contributed by atoms with van der Waals surface area (Å²) in [6, 6.07) is 5.97. The molecule has 2 heterocycles. The lowest BCUT2D eigenvalue weighted by Crippen LogP contribution is -2.42. The summed E-state index contributed by atoms with van der Waals surface area (Å²) in [5.41, 5.74) is 0.538. The van der Waals surface area contributed by atoms with E-state index >= 15 is 0 Å². The van der Waals surface area contributed by atoms with Crippen LogP contribution in [0.25, 0.3) is 0 Å². The standard InChI is InChI=1S/C15H17BrFN3O3S/c16-13-10-20(9-11-1-3-12(17)4-2-11)15(21)14(18-13)19-5-7-24(22,23)8-6-19/h1-4,10,22-23H,5-9H2. The fourth-order valence-corrected chi connectivity index (χ4v) is 4.19. The average Bonchev–Trinajstić information content (AvgIpc) is 2.53. The van der Waals surface area contributed by atoms with E-state index in [-0.39, 0.29) is 28.7 Å². The van der Waals surface area contributed by atoms with E-state index in [9.17, 15) is 18.3 Å². The van der Waals surface area contributed by atoms with Crippen LogP contribution in [0.1, 0.15) is 5.56 Å². The van der Waals surface area contributed by atoms with E-state index in [1.54, 1.807) is 23.2 Å². The summed E-state index contributed by atoms with van der Waals surface area (Å²) in [6.45, 7) is 1.05. The minimum Gasteiger partial charge on any atom is -0.349 e. The molecule has 0 saturated carbocycles. The highest BCUT2D eigenvalue weighted by Crippen LogP contribution is 2.40. The number of nitrogens with zero attached hydrogens (tertiary/aromatic N) is 3. The van der Waals surface area contributed by atoms with Gasteiger partial charge in [0.1, 0.15) is 10.4 Å². The van der Waals surface area contributed by atoms with Crippen LogP contribution in [0.15, 0.2) is 39.9 Å². The minimum absolute atomic E-state index is 0.235. The minimum atomic E-state index is -2.53. The molecule has 0 radical (unpaired) electrons. The quantitative estimate of drug-likeness (QED) is 0.802. The van der Waals surface area contributed by atoms with Gasteiger partial charge in [0.15, 0.2) is 5.82 Å². The van der Waals surface area contributed by atoms with Crippen LogP contribution in [0.4, 0.5) is 10.2 Å². The van der Waals surface area contributed by atoms with E-state index < -0.39 is 10.6 Å². The van der Waals surface area contributed by atoms with Crippen LogP contribution in [0.5, 0.6) is 0 Å². The molecule has 0 spiro atoms. The number of hydrogen-bond acceptors (Lipinski definition) is 5. The highest BCUT2D eigenvalue weighted by molar-refractivity contribution is 9.10. The van der Waals surface area contributed by atoms with E-state index in [2.05, 4.69) is 20.9 Å². The molecule has 1 aromatic heterocycles. The largest absolute Gasteiger partial charge is 0.349 e. The van der Waals surface area contributed by atoms with E-state index in [0.29, 0.717) is 24.2 Å². The van der Waals surface area contributed by atoms with Crippen LogP contribution >= 0.6 is 26.5 Å². The zero-order chi connectivity index (χ0) is 17.3. The van der Waals surface area contributed by atoms with Crippen LogP contribution in [-0.4, -0.2) is 43.3 Å². The molecule has 0 aliphatic carbocycles. The molecule has 1 aliphatic heterocycles. The molecule has 2 N–H and O–H groups in total. The molecule has 6 nitrogen and oxygen atoms in total. The monoisotopic (exact) mass is 417 g/mol. The second-order valence-electron chi connectivity index (χ2n) is 5.64. The van der Waals surface area contributed by atoms with Gasteiger partial charge in [-0.2, -0.15) is 10.6 Å². The van der Waals surface area contributed by atoms with Crippen molar-refractivity contribution < 1.29 is 13.5 Å². The summed E-state index contributed by atoms with van der Waals surface area (Å²) in [6.07, 6.45) is 1.59. The topological polar surface area (TPSA) is 78.6 Å². The number of anilines is 1. The lowest BCUT2D eigenvalue weighted by Gasteiger charge is -2.41. The maximum absolute atomic E-state index is 13.0. The van der Waals surface area contributed by atoms with Crippen LogP contribution in [-0.2, 0) is 6.54 Å². The van der Waals surface area contributed by atoms with Gasteiger partial charge in [0.2, 0.25) is 0 Å². The average molecular weight is 418 g/mol. The van der Waals surface area contributed by atoms with Crippen LogP contribution in [0, 0.1) is 5.82 Å². The first-order chi connectivity index (χ1) is 11.3. The van der Waals surface area contributed by atoms with Crippen molar-refractivity contribution in [1.29, 1.82) is 0 Å². The molecule has 130 valence electrons. The summed E-state index contributed by atoms with van der Waals surface area (Å²) < 4.78 is 34.4. The maximum atomic E-state index is 13.0. The molecule has 0 atom stereocenters. The lowest BCUT2D eigenvalue weighted by atomic mass is 10.2. The van der Waals surface area contributed by atoms with Gasteiger partial charge < -0.3 is 9.47 Å². The number of rotatable bonds is 3. The zero-order valence-electron chi connectivity index (χ0n) is 12.7. The van der Waals surface area contributed by atoms with Crippen molar-refractivity contribution in [3.63, 3.8) is 0 Å². The second-order valence-corrected chi connectivity index (χ2v) is 8.88. The van der Waals surface area contributed by atoms with Crippen molar-refractivity contribution >= 4 is 32.3 Å². The molecule has 9 heteroatoms. The Morgan fingerprint density at radius 3 is 2.46 bits per heavy atom. The normalized spacial score (nSPS) is 18.4. The Morgan fingerprint density at radius 1 is 1.21 bits per heavy atom. The van der Waals surface area contributed by atoms with Gasteiger partial charge >= 0.3 is 0 Å². The predicted octanol–water partition coefficient (Wildman–Crippen LogP) is 2.76. The molecule has 1 fully saturated rings. The first-order valence-corrected chi connectivity index (χ1v) is 10.0. The molecule has 3 rings (SSSR count). The van der Waals surface area contributed by atoms with E-state index in [0.717, 1.165) is 5.56 Å². The third-order valence-electron chi connectivity index (χ3n) is 3.87. The Labute approximate surface area is 148 Å². The van der Waals surface area contributed by atoms with Crippen LogP contribution in [0.2, 0.25) is 0 Å². The summed E-state index contributed by atoms with van der Waals surface area (Å²) in [5, 5.41) is 0. The maximum Gasteiger partial charge on any atom is 0.293 e. The van der Waals surface area contributed by atoms with Gasteiger partial charge in [-0.1, -0.05) is 12.1 Å². The molecule has 1 aromatic carbocycles. The number of hydrogen-bond donors (Lipinski definition) is 2. The highest BCUT2D eigenvalue weighted by atomic mass is 79.9. The Kier molecular flexibility index (Phi) is 4.95. The van der Waals surface area contributed by atoms with Crippen molar-refractivity contribution in [2.24, 2.45) is 0 Å². The molecular formula is C15H17BrFN3O3S. The number of benzene rings is 1. The van der Waals surface area contributed by atoms with Crippen molar-refractivity contribution in [2.45, 2.75) is 6.54 Å². The SMILES string of the molecule is O=c1c(N2CCS(O)(O)CC2)nc(Br)cn1Cc1ccc(F)cc1. The Bertz CT molecular complexity index is 788. The smallest absolute Gasteiger partial charge is 0.293 e. The Morgan fingerprint density at radius 2 is 1.83 bits per heavy atom. The molecule has 24 heavy (non-hydrogen) atoms. The van der Waals surface area contributed by atoms with E-state index in [1.807, 2.05) is 0 Å². The van der Waals surface area contributed by atoms with Crippen LogP contribution in [0.3, 0.4) is 0 Å².